The molecule has 0 aliphatic rings. The first-order valence-electron chi connectivity index (χ1n) is 6.33. The number of amides is 1. The van der Waals surface area contributed by atoms with Gasteiger partial charge in [-0.05, 0) is 24.6 Å². The maximum atomic E-state index is 11.8. The molecule has 1 aromatic carbocycles. The first kappa shape index (κ1) is 13.9. The number of hydrogen-bond acceptors (Lipinski definition) is 4. The highest BCUT2D eigenvalue weighted by molar-refractivity contribution is 5.96. The Morgan fingerprint density at radius 3 is 2.95 bits per heavy atom. The minimum absolute atomic E-state index is 0.239. The third-order valence-corrected chi connectivity index (χ3v) is 2.72. The van der Waals surface area contributed by atoms with Crippen LogP contribution in [0.3, 0.4) is 0 Å². The Labute approximate surface area is 117 Å². The second-order valence-corrected chi connectivity index (χ2v) is 4.53. The number of carbonyl (C=O) groups excluding carboxylic acids is 1. The number of nitrogens with two attached hydrogens (primary N) is 1. The molecule has 106 valence electrons. The van der Waals surface area contributed by atoms with E-state index in [1.807, 2.05) is 31.2 Å². The smallest absolute Gasteiger partial charge is 0.274 e. The van der Waals surface area contributed by atoms with E-state index < -0.39 is 0 Å². The number of aryl methyl sites for hydroxylation is 2. The second kappa shape index (κ2) is 6.10. The van der Waals surface area contributed by atoms with Crippen molar-refractivity contribution in [2.75, 3.05) is 18.9 Å². The number of aromatic nitrogens is 2. The molecular weight excluding hydrogens is 256 g/mol. The second-order valence-electron chi connectivity index (χ2n) is 4.53. The molecule has 0 aliphatic heterocycles. The molecular formula is C14H18N4O2. The number of anilines is 1. The van der Waals surface area contributed by atoms with Crippen LogP contribution >= 0.6 is 0 Å². The Balaban J connectivity index is 1.79. The van der Waals surface area contributed by atoms with Crippen molar-refractivity contribution in [1.29, 1.82) is 0 Å². The summed E-state index contributed by atoms with van der Waals surface area (Å²) in [6.45, 7) is 2.78. The van der Waals surface area contributed by atoms with Crippen molar-refractivity contribution < 1.29 is 9.53 Å². The predicted molar refractivity (Wildman–Crippen MR) is 76.6 cm³/mol. The van der Waals surface area contributed by atoms with Gasteiger partial charge in [0, 0.05) is 13.2 Å². The number of ether oxygens (including phenoxy) is 1. The third kappa shape index (κ3) is 3.50. The highest BCUT2D eigenvalue weighted by atomic mass is 16.5. The van der Waals surface area contributed by atoms with Crippen LogP contribution < -0.4 is 15.8 Å². The summed E-state index contributed by atoms with van der Waals surface area (Å²) in [5.74, 6) is 0.493. The zero-order valence-electron chi connectivity index (χ0n) is 11.6. The summed E-state index contributed by atoms with van der Waals surface area (Å²) < 4.78 is 7.04. The monoisotopic (exact) mass is 274 g/mol. The molecule has 0 fully saturated rings. The van der Waals surface area contributed by atoms with Gasteiger partial charge in [-0.2, -0.15) is 5.10 Å². The maximum absolute atomic E-state index is 11.8. The minimum Gasteiger partial charge on any atom is -0.492 e. The molecule has 0 saturated carbocycles. The normalized spacial score (nSPS) is 10.3. The number of benzene rings is 1. The Morgan fingerprint density at radius 1 is 1.50 bits per heavy atom. The lowest BCUT2D eigenvalue weighted by Crippen LogP contribution is -2.29. The Bertz CT molecular complexity index is 607. The number of nitrogens with zero attached hydrogens (tertiary/aromatic N) is 2. The molecule has 6 nitrogen and oxygen atoms in total. The van der Waals surface area contributed by atoms with Gasteiger partial charge in [0.05, 0.1) is 12.2 Å². The molecule has 0 radical (unpaired) electrons. The highest BCUT2D eigenvalue weighted by Crippen LogP contribution is 2.12. The van der Waals surface area contributed by atoms with Gasteiger partial charge in [-0.25, -0.2) is 0 Å². The fraction of sp³-hybridized carbons (Fsp3) is 0.286. The predicted octanol–water partition coefficient (Wildman–Crippen LogP) is 1.12. The van der Waals surface area contributed by atoms with Gasteiger partial charge >= 0.3 is 0 Å². The van der Waals surface area contributed by atoms with Gasteiger partial charge in [0.1, 0.15) is 12.4 Å². The fourth-order valence-electron chi connectivity index (χ4n) is 1.81. The Morgan fingerprint density at radius 2 is 2.30 bits per heavy atom. The molecule has 2 aromatic rings. The molecule has 0 spiro atoms. The van der Waals surface area contributed by atoms with Crippen molar-refractivity contribution in [3.63, 3.8) is 0 Å². The van der Waals surface area contributed by atoms with E-state index in [1.165, 1.54) is 4.68 Å². The van der Waals surface area contributed by atoms with Gasteiger partial charge in [-0.1, -0.05) is 12.1 Å². The molecule has 20 heavy (non-hydrogen) atoms. The van der Waals surface area contributed by atoms with E-state index in [0.29, 0.717) is 18.8 Å². The summed E-state index contributed by atoms with van der Waals surface area (Å²) in [5.41, 5.74) is 7.42. The van der Waals surface area contributed by atoms with Crippen LogP contribution in [0.25, 0.3) is 0 Å². The van der Waals surface area contributed by atoms with Crippen LogP contribution in [0.4, 0.5) is 5.69 Å². The topological polar surface area (TPSA) is 82.2 Å². The zero-order chi connectivity index (χ0) is 14.5. The van der Waals surface area contributed by atoms with Crippen molar-refractivity contribution in [3.8, 4) is 5.75 Å². The third-order valence-electron chi connectivity index (χ3n) is 2.72. The minimum atomic E-state index is -0.295. The van der Waals surface area contributed by atoms with Gasteiger partial charge in [0.15, 0.2) is 5.69 Å². The lowest BCUT2D eigenvalue weighted by molar-refractivity contribution is 0.0942. The summed E-state index contributed by atoms with van der Waals surface area (Å²) in [4.78, 5) is 11.8. The van der Waals surface area contributed by atoms with Crippen molar-refractivity contribution in [3.05, 3.63) is 41.7 Å². The Hall–Kier alpha value is -2.50. The first-order chi connectivity index (χ1) is 9.56. The van der Waals surface area contributed by atoms with Crippen LogP contribution in [-0.4, -0.2) is 28.8 Å². The zero-order valence-corrected chi connectivity index (χ0v) is 11.6. The van der Waals surface area contributed by atoms with Crippen molar-refractivity contribution >= 4 is 11.6 Å². The van der Waals surface area contributed by atoms with Gasteiger partial charge < -0.3 is 15.8 Å². The van der Waals surface area contributed by atoms with Crippen LogP contribution in [0.5, 0.6) is 5.75 Å². The average Bonchev–Trinajstić information content (AvgIpc) is 2.74. The van der Waals surface area contributed by atoms with Crippen molar-refractivity contribution in [1.82, 2.24) is 15.1 Å². The maximum Gasteiger partial charge on any atom is 0.274 e. The van der Waals surface area contributed by atoms with Gasteiger partial charge in [-0.15, -0.1) is 0 Å². The summed E-state index contributed by atoms with van der Waals surface area (Å²) >= 11 is 0. The van der Waals surface area contributed by atoms with Crippen molar-refractivity contribution in [2.45, 2.75) is 6.92 Å². The molecule has 0 atom stereocenters. The molecule has 1 amide bonds. The number of carbonyl (C=O) groups is 1. The number of nitrogens with one attached hydrogen (secondary N) is 1. The molecule has 1 heterocycles. The number of nitrogen functional groups attached to an aromatic ring is 1. The molecule has 0 unspecified atom stereocenters. The molecule has 2 rings (SSSR count). The van der Waals surface area contributed by atoms with E-state index in [-0.39, 0.29) is 11.6 Å². The van der Waals surface area contributed by atoms with Crippen LogP contribution in [0, 0.1) is 6.92 Å². The van der Waals surface area contributed by atoms with Crippen molar-refractivity contribution in [2.24, 2.45) is 7.05 Å². The SMILES string of the molecule is Cc1cccc(OCCNC(=O)c2nn(C)cc2N)c1. The van der Waals surface area contributed by atoms with Gasteiger partial charge in [0.25, 0.3) is 5.91 Å². The van der Waals surface area contributed by atoms with E-state index in [1.54, 1.807) is 13.2 Å². The fourth-order valence-corrected chi connectivity index (χ4v) is 1.81. The van der Waals surface area contributed by atoms with Crippen LogP contribution in [0.2, 0.25) is 0 Å². The summed E-state index contributed by atoms with van der Waals surface area (Å²) in [6, 6.07) is 7.75. The van der Waals surface area contributed by atoms with E-state index in [2.05, 4.69) is 10.4 Å². The van der Waals surface area contributed by atoms with Crippen LogP contribution in [-0.2, 0) is 7.05 Å². The van der Waals surface area contributed by atoms with E-state index in [4.69, 9.17) is 10.5 Å². The van der Waals surface area contributed by atoms with Crippen LogP contribution in [0.15, 0.2) is 30.5 Å². The van der Waals surface area contributed by atoms with Gasteiger partial charge in [0.2, 0.25) is 0 Å². The number of rotatable bonds is 5. The summed E-state index contributed by atoms with van der Waals surface area (Å²) in [6.07, 6.45) is 1.60. The molecule has 0 aliphatic carbocycles. The lowest BCUT2D eigenvalue weighted by Gasteiger charge is -2.07. The van der Waals surface area contributed by atoms with E-state index in [9.17, 15) is 4.79 Å². The molecule has 6 heteroatoms. The van der Waals surface area contributed by atoms with E-state index in [0.717, 1.165) is 11.3 Å². The standard InChI is InChI=1S/C14H18N4O2/c1-10-4-3-5-11(8-10)20-7-6-16-14(19)13-12(15)9-18(2)17-13/h3-5,8-9H,6-7,15H2,1-2H3,(H,16,19). The molecule has 1 aromatic heterocycles. The average molecular weight is 274 g/mol. The largest absolute Gasteiger partial charge is 0.492 e. The molecule has 0 bridgehead atoms. The number of hydrogen-bond donors (Lipinski definition) is 2. The molecule has 0 saturated heterocycles. The first-order valence-corrected chi connectivity index (χ1v) is 6.33. The highest BCUT2D eigenvalue weighted by Gasteiger charge is 2.13. The van der Waals surface area contributed by atoms with Crippen LogP contribution in [0.1, 0.15) is 16.1 Å². The molecule has 3 N–H and O–H groups in total. The summed E-state index contributed by atoms with van der Waals surface area (Å²) in [5, 5.41) is 6.72. The summed E-state index contributed by atoms with van der Waals surface area (Å²) in [7, 11) is 1.72. The van der Waals surface area contributed by atoms with Gasteiger partial charge in [-0.3, -0.25) is 9.48 Å². The van der Waals surface area contributed by atoms with E-state index >= 15 is 0 Å². The lowest BCUT2D eigenvalue weighted by atomic mass is 10.2. The quantitative estimate of drug-likeness (QED) is 0.800. The Kier molecular flexibility index (Phi) is 4.24.